The van der Waals surface area contributed by atoms with E-state index in [4.69, 9.17) is 0 Å². The highest BCUT2D eigenvalue weighted by molar-refractivity contribution is 9.10. The molecule has 0 saturated carbocycles. The first-order valence-corrected chi connectivity index (χ1v) is 9.57. The summed E-state index contributed by atoms with van der Waals surface area (Å²) in [7, 11) is 0. The fraction of sp³-hybridized carbons (Fsp3) is 0.263. The monoisotopic (exact) mass is 420 g/mol. The number of hydrogen-bond acceptors (Lipinski definition) is 3. The quantitative estimate of drug-likeness (QED) is 0.732. The third kappa shape index (κ3) is 4.12. The molecule has 1 aliphatic heterocycles. The predicted molar refractivity (Wildman–Crippen MR) is 104 cm³/mol. The summed E-state index contributed by atoms with van der Waals surface area (Å²) >= 11 is 4.76. The van der Waals surface area contributed by atoms with Gasteiger partial charge in [-0.05, 0) is 66.0 Å². The van der Waals surface area contributed by atoms with Crippen LogP contribution in [0.25, 0.3) is 0 Å². The molecule has 1 N–H and O–H groups in total. The number of nitrogens with zero attached hydrogens (tertiary/aromatic N) is 1. The van der Waals surface area contributed by atoms with Crippen LogP contribution in [0.3, 0.4) is 0 Å². The molecule has 0 fully saturated rings. The summed E-state index contributed by atoms with van der Waals surface area (Å²) in [5, 5.41) is 3.50. The maximum absolute atomic E-state index is 13.6. The van der Waals surface area contributed by atoms with Crippen LogP contribution in [0.15, 0.2) is 58.0 Å². The van der Waals surface area contributed by atoms with Crippen molar-refractivity contribution in [1.29, 1.82) is 0 Å². The van der Waals surface area contributed by atoms with E-state index in [9.17, 15) is 9.18 Å². The molecule has 3 rings (SSSR count). The minimum atomic E-state index is -0.295. The molecule has 0 aliphatic carbocycles. The standard InChI is InChI=1S/C19H18BrFN2OS/c1-12-11-19(2,14-8-9-16(21)15(20)10-14)25-18(22-12)23-17(24)13-6-4-3-5-7-13/h3-10,12H,11H2,1-2H3,(H,22,23,24)/t12-,19+/m1/s1. The van der Waals surface area contributed by atoms with Gasteiger partial charge in [0.15, 0.2) is 5.17 Å². The van der Waals surface area contributed by atoms with Crippen LogP contribution in [0.4, 0.5) is 4.39 Å². The van der Waals surface area contributed by atoms with E-state index in [0.717, 1.165) is 12.0 Å². The molecule has 1 amide bonds. The topological polar surface area (TPSA) is 41.5 Å². The molecular weight excluding hydrogens is 403 g/mol. The number of halogens is 2. The van der Waals surface area contributed by atoms with Gasteiger partial charge >= 0.3 is 0 Å². The molecule has 0 radical (unpaired) electrons. The Hall–Kier alpha value is -1.66. The summed E-state index contributed by atoms with van der Waals surface area (Å²) in [6, 6.07) is 14.2. The number of amides is 1. The van der Waals surface area contributed by atoms with Gasteiger partial charge in [-0.1, -0.05) is 36.0 Å². The van der Waals surface area contributed by atoms with Gasteiger partial charge in [0.1, 0.15) is 5.82 Å². The Morgan fingerprint density at radius 1 is 1.32 bits per heavy atom. The average molecular weight is 421 g/mol. The van der Waals surface area contributed by atoms with Gasteiger partial charge in [0.05, 0.1) is 10.5 Å². The van der Waals surface area contributed by atoms with Crippen LogP contribution in [0, 0.1) is 5.82 Å². The number of hydrogen-bond donors (Lipinski definition) is 1. The third-order valence-corrected chi connectivity index (χ3v) is 5.99. The second-order valence-corrected chi connectivity index (χ2v) is 8.62. The first kappa shape index (κ1) is 18.1. The normalized spacial score (nSPS) is 23.0. The van der Waals surface area contributed by atoms with Crippen molar-refractivity contribution in [2.24, 2.45) is 4.99 Å². The maximum atomic E-state index is 13.6. The van der Waals surface area contributed by atoms with Crippen LogP contribution < -0.4 is 5.32 Å². The van der Waals surface area contributed by atoms with Crippen LogP contribution in [0.1, 0.15) is 36.2 Å². The zero-order chi connectivity index (χ0) is 18.0. The van der Waals surface area contributed by atoms with Gasteiger partial charge in [-0.25, -0.2) is 4.39 Å². The molecule has 2 aromatic carbocycles. The Kier molecular flexibility index (Phi) is 5.29. The maximum Gasteiger partial charge on any atom is 0.257 e. The number of thioether (sulfide) groups is 1. The predicted octanol–water partition coefficient (Wildman–Crippen LogP) is 5.11. The SMILES string of the molecule is C[C@@H]1C[C@@](C)(c2ccc(F)c(Br)c2)SC(NC(=O)c2ccccc2)=N1. The second-order valence-electron chi connectivity index (χ2n) is 6.27. The van der Waals surface area contributed by atoms with E-state index in [0.29, 0.717) is 15.2 Å². The lowest BCUT2D eigenvalue weighted by molar-refractivity contribution is 0.0977. The highest BCUT2D eigenvalue weighted by Gasteiger charge is 2.36. The summed E-state index contributed by atoms with van der Waals surface area (Å²) in [5.74, 6) is -0.462. The molecule has 1 aliphatic rings. The van der Waals surface area contributed by atoms with Crippen molar-refractivity contribution in [2.75, 3.05) is 0 Å². The number of carbonyl (C=O) groups excluding carboxylic acids is 1. The molecule has 0 bridgehead atoms. The van der Waals surface area contributed by atoms with Crippen molar-refractivity contribution in [1.82, 2.24) is 5.32 Å². The molecule has 1 heterocycles. The van der Waals surface area contributed by atoms with Crippen molar-refractivity contribution in [3.05, 3.63) is 69.9 Å². The van der Waals surface area contributed by atoms with Gasteiger partial charge in [0, 0.05) is 10.3 Å². The molecule has 25 heavy (non-hydrogen) atoms. The van der Waals surface area contributed by atoms with Crippen LogP contribution >= 0.6 is 27.7 Å². The van der Waals surface area contributed by atoms with Crippen molar-refractivity contribution in [2.45, 2.75) is 31.1 Å². The Morgan fingerprint density at radius 3 is 2.72 bits per heavy atom. The number of rotatable bonds is 2. The first-order valence-electron chi connectivity index (χ1n) is 7.96. The number of aliphatic imine (C=N–C) groups is 1. The second kappa shape index (κ2) is 7.30. The number of benzene rings is 2. The van der Waals surface area contributed by atoms with Gasteiger partial charge in [-0.3, -0.25) is 9.79 Å². The Morgan fingerprint density at radius 2 is 2.04 bits per heavy atom. The fourth-order valence-corrected chi connectivity index (χ4v) is 4.66. The highest BCUT2D eigenvalue weighted by atomic mass is 79.9. The summed E-state index contributed by atoms with van der Waals surface area (Å²) in [4.78, 5) is 17.0. The smallest absolute Gasteiger partial charge is 0.257 e. The van der Waals surface area contributed by atoms with Gasteiger partial charge in [-0.2, -0.15) is 0 Å². The lowest BCUT2D eigenvalue weighted by Gasteiger charge is -2.35. The van der Waals surface area contributed by atoms with E-state index in [1.54, 1.807) is 24.3 Å². The minimum Gasteiger partial charge on any atom is -0.301 e. The molecule has 0 spiro atoms. The van der Waals surface area contributed by atoms with E-state index in [-0.39, 0.29) is 22.5 Å². The number of amidine groups is 1. The first-order chi connectivity index (χ1) is 11.9. The third-order valence-electron chi connectivity index (χ3n) is 4.13. The van der Waals surface area contributed by atoms with Gasteiger partial charge in [0.2, 0.25) is 0 Å². The summed E-state index contributed by atoms with van der Waals surface area (Å²) in [6.45, 7) is 4.11. The van der Waals surface area contributed by atoms with Gasteiger partial charge < -0.3 is 5.32 Å². The molecular formula is C19H18BrFN2OS. The Bertz CT molecular complexity index is 827. The Balaban J connectivity index is 1.82. The zero-order valence-corrected chi connectivity index (χ0v) is 16.3. The Labute approximate surface area is 159 Å². The van der Waals surface area contributed by atoms with Crippen LogP contribution in [0.2, 0.25) is 0 Å². The average Bonchev–Trinajstić information content (AvgIpc) is 2.57. The van der Waals surface area contributed by atoms with E-state index in [1.165, 1.54) is 17.8 Å². The van der Waals surface area contributed by atoms with E-state index < -0.39 is 0 Å². The molecule has 2 aromatic rings. The highest BCUT2D eigenvalue weighted by Crippen LogP contribution is 2.45. The van der Waals surface area contributed by atoms with Gasteiger partial charge in [0.25, 0.3) is 5.91 Å². The van der Waals surface area contributed by atoms with Crippen molar-refractivity contribution >= 4 is 38.8 Å². The molecule has 0 saturated heterocycles. The lowest BCUT2D eigenvalue weighted by atomic mass is 9.93. The molecule has 3 nitrogen and oxygen atoms in total. The fourth-order valence-electron chi connectivity index (χ4n) is 2.91. The molecule has 2 atom stereocenters. The van der Waals surface area contributed by atoms with E-state index in [2.05, 4.69) is 33.2 Å². The molecule has 6 heteroatoms. The largest absolute Gasteiger partial charge is 0.301 e. The zero-order valence-electron chi connectivity index (χ0n) is 13.9. The summed E-state index contributed by atoms with van der Waals surface area (Å²) in [6.07, 6.45) is 0.806. The number of carbonyl (C=O) groups is 1. The van der Waals surface area contributed by atoms with Crippen molar-refractivity contribution < 1.29 is 9.18 Å². The van der Waals surface area contributed by atoms with Crippen molar-refractivity contribution in [3.8, 4) is 0 Å². The van der Waals surface area contributed by atoms with Gasteiger partial charge in [-0.15, -0.1) is 0 Å². The molecule has 0 aromatic heterocycles. The lowest BCUT2D eigenvalue weighted by Crippen LogP contribution is -2.37. The molecule has 130 valence electrons. The summed E-state index contributed by atoms with van der Waals surface area (Å²) in [5.41, 5.74) is 1.59. The van der Waals surface area contributed by atoms with E-state index >= 15 is 0 Å². The van der Waals surface area contributed by atoms with Crippen LogP contribution in [-0.2, 0) is 4.75 Å². The van der Waals surface area contributed by atoms with E-state index in [1.807, 2.05) is 25.1 Å². The number of nitrogens with one attached hydrogen (secondary N) is 1. The van der Waals surface area contributed by atoms with Crippen LogP contribution in [-0.4, -0.2) is 17.1 Å². The van der Waals surface area contributed by atoms with Crippen LogP contribution in [0.5, 0.6) is 0 Å². The summed E-state index contributed by atoms with van der Waals surface area (Å²) < 4.78 is 13.7. The van der Waals surface area contributed by atoms with Crippen molar-refractivity contribution in [3.63, 3.8) is 0 Å². The molecule has 0 unspecified atom stereocenters. The minimum absolute atomic E-state index is 0.0566.